The SMILES string of the molecule is Cc1nc(CN2CCC3C2CC(=O)N3CCO)cs1. The van der Waals surface area contributed by atoms with Crippen molar-refractivity contribution in [2.45, 2.75) is 38.4 Å². The van der Waals surface area contributed by atoms with Crippen molar-refractivity contribution in [3.63, 3.8) is 0 Å². The molecular formula is C13H19N3O2S. The van der Waals surface area contributed by atoms with Gasteiger partial charge in [0.05, 0.1) is 17.3 Å². The lowest BCUT2D eigenvalue weighted by Gasteiger charge is -2.24. The number of nitrogens with zero attached hydrogens (tertiary/aromatic N) is 3. The zero-order valence-corrected chi connectivity index (χ0v) is 11.9. The van der Waals surface area contributed by atoms with E-state index in [1.807, 2.05) is 11.8 Å². The number of likely N-dealkylation sites (tertiary alicyclic amines) is 2. The van der Waals surface area contributed by atoms with Gasteiger partial charge in [-0.25, -0.2) is 4.98 Å². The monoisotopic (exact) mass is 281 g/mol. The van der Waals surface area contributed by atoms with Gasteiger partial charge in [-0.15, -0.1) is 11.3 Å². The lowest BCUT2D eigenvalue weighted by Crippen LogP contribution is -2.38. The molecule has 3 heterocycles. The molecule has 2 fully saturated rings. The molecule has 2 unspecified atom stereocenters. The molecule has 2 saturated heterocycles. The van der Waals surface area contributed by atoms with Gasteiger partial charge in [0.1, 0.15) is 0 Å². The van der Waals surface area contributed by atoms with Crippen molar-refractivity contribution in [1.82, 2.24) is 14.8 Å². The topological polar surface area (TPSA) is 56.7 Å². The summed E-state index contributed by atoms with van der Waals surface area (Å²) in [5.74, 6) is 0.184. The fraction of sp³-hybridized carbons (Fsp3) is 0.692. The second-order valence-corrected chi connectivity index (χ2v) is 6.33. The number of β-amino-alcohol motifs (C(OH)–C–C–N with tert-alkyl or cyclic N) is 1. The van der Waals surface area contributed by atoms with Gasteiger partial charge in [0, 0.05) is 43.5 Å². The largest absolute Gasteiger partial charge is 0.395 e. The summed E-state index contributed by atoms with van der Waals surface area (Å²) in [4.78, 5) is 20.7. The van der Waals surface area contributed by atoms with E-state index in [0.29, 0.717) is 25.0 Å². The highest BCUT2D eigenvalue weighted by Gasteiger charge is 2.46. The summed E-state index contributed by atoms with van der Waals surface area (Å²) in [6.07, 6.45) is 1.60. The van der Waals surface area contributed by atoms with Crippen LogP contribution in [0, 0.1) is 6.92 Å². The Balaban J connectivity index is 1.68. The zero-order valence-electron chi connectivity index (χ0n) is 11.1. The van der Waals surface area contributed by atoms with Gasteiger partial charge < -0.3 is 10.0 Å². The number of carbonyl (C=O) groups is 1. The molecule has 0 radical (unpaired) electrons. The van der Waals surface area contributed by atoms with Crippen LogP contribution < -0.4 is 0 Å². The minimum Gasteiger partial charge on any atom is -0.395 e. The molecule has 19 heavy (non-hydrogen) atoms. The van der Waals surface area contributed by atoms with Crippen LogP contribution in [-0.2, 0) is 11.3 Å². The zero-order chi connectivity index (χ0) is 13.4. The van der Waals surface area contributed by atoms with Crippen molar-refractivity contribution in [3.05, 3.63) is 16.1 Å². The maximum Gasteiger partial charge on any atom is 0.224 e. The first kappa shape index (κ1) is 13.0. The normalized spacial score (nSPS) is 27.3. The molecule has 0 aromatic carbocycles. The molecule has 1 aromatic rings. The highest BCUT2D eigenvalue weighted by molar-refractivity contribution is 7.09. The summed E-state index contributed by atoms with van der Waals surface area (Å²) in [6, 6.07) is 0.598. The van der Waals surface area contributed by atoms with E-state index in [1.54, 1.807) is 11.3 Å². The van der Waals surface area contributed by atoms with Crippen molar-refractivity contribution in [2.24, 2.45) is 0 Å². The van der Waals surface area contributed by atoms with Crippen LogP contribution in [0.1, 0.15) is 23.5 Å². The Labute approximate surface area is 116 Å². The minimum absolute atomic E-state index is 0.0558. The molecule has 1 aromatic heterocycles. The molecule has 3 rings (SSSR count). The summed E-state index contributed by atoms with van der Waals surface area (Å²) in [5, 5.41) is 12.2. The van der Waals surface area contributed by atoms with Crippen molar-refractivity contribution in [3.8, 4) is 0 Å². The van der Waals surface area contributed by atoms with Crippen LogP contribution in [-0.4, -0.2) is 57.6 Å². The summed E-state index contributed by atoms with van der Waals surface area (Å²) < 4.78 is 0. The van der Waals surface area contributed by atoms with Gasteiger partial charge in [-0.2, -0.15) is 0 Å². The van der Waals surface area contributed by atoms with E-state index < -0.39 is 0 Å². The van der Waals surface area contributed by atoms with E-state index >= 15 is 0 Å². The first-order chi connectivity index (χ1) is 9.19. The molecule has 0 spiro atoms. The van der Waals surface area contributed by atoms with Gasteiger partial charge in [0.15, 0.2) is 0 Å². The lowest BCUT2D eigenvalue weighted by molar-refractivity contribution is -0.129. The summed E-state index contributed by atoms with van der Waals surface area (Å²) >= 11 is 1.67. The molecule has 2 aliphatic rings. The van der Waals surface area contributed by atoms with E-state index in [0.717, 1.165) is 30.2 Å². The van der Waals surface area contributed by atoms with Crippen LogP contribution in [0.25, 0.3) is 0 Å². The first-order valence-corrected chi connectivity index (χ1v) is 7.62. The van der Waals surface area contributed by atoms with Gasteiger partial charge in [0.2, 0.25) is 5.91 Å². The Morgan fingerprint density at radius 2 is 2.37 bits per heavy atom. The number of carbonyl (C=O) groups excluding carboxylic acids is 1. The average molecular weight is 281 g/mol. The summed E-state index contributed by atoms with van der Waals surface area (Å²) in [7, 11) is 0. The van der Waals surface area contributed by atoms with Crippen LogP contribution in [0.2, 0.25) is 0 Å². The second kappa shape index (κ2) is 5.19. The predicted octanol–water partition coefficient (Wildman–Crippen LogP) is 0.619. The third-order valence-electron chi connectivity index (χ3n) is 4.10. The number of hydrogen-bond acceptors (Lipinski definition) is 5. The van der Waals surface area contributed by atoms with Crippen molar-refractivity contribution < 1.29 is 9.90 Å². The van der Waals surface area contributed by atoms with Crippen molar-refractivity contribution in [2.75, 3.05) is 19.7 Å². The molecule has 1 amide bonds. The van der Waals surface area contributed by atoms with Gasteiger partial charge in [-0.3, -0.25) is 9.69 Å². The highest BCUT2D eigenvalue weighted by atomic mass is 32.1. The van der Waals surface area contributed by atoms with E-state index in [1.165, 1.54) is 0 Å². The number of aromatic nitrogens is 1. The number of fused-ring (bicyclic) bond motifs is 1. The number of amides is 1. The Morgan fingerprint density at radius 1 is 1.53 bits per heavy atom. The maximum absolute atomic E-state index is 12.0. The molecule has 5 nitrogen and oxygen atoms in total. The third kappa shape index (κ3) is 2.40. The molecule has 6 heteroatoms. The average Bonchev–Trinajstić information content (AvgIpc) is 3.02. The number of aliphatic hydroxyl groups excluding tert-OH is 1. The van der Waals surface area contributed by atoms with Crippen LogP contribution >= 0.6 is 11.3 Å². The maximum atomic E-state index is 12.0. The molecule has 2 atom stereocenters. The molecule has 0 saturated carbocycles. The second-order valence-electron chi connectivity index (χ2n) is 5.27. The summed E-state index contributed by atoms with van der Waals surface area (Å²) in [6.45, 7) is 4.40. The van der Waals surface area contributed by atoms with Gasteiger partial charge in [0.25, 0.3) is 0 Å². The third-order valence-corrected chi connectivity index (χ3v) is 4.92. The molecule has 0 bridgehead atoms. The fourth-order valence-electron chi connectivity index (χ4n) is 3.29. The molecule has 1 N–H and O–H groups in total. The van der Waals surface area contributed by atoms with E-state index in [9.17, 15) is 4.79 Å². The standard InChI is InChI=1S/C13H19N3O2S/c1-9-14-10(8-19-9)7-15-3-2-11-12(15)6-13(18)16(11)4-5-17/h8,11-12,17H,2-7H2,1H3. The van der Waals surface area contributed by atoms with Crippen LogP contribution in [0.4, 0.5) is 0 Å². The van der Waals surface area contributed by atoms with Gasteiger partial charge in [-0.1, -0.05) is 0 Å². The number of hydrogen-bond donors (Lipinski definition) is 1. The highest BCUT2D eigenvalue weighted by Crippen LogP contribution is 2.33. The van der Waals surface area contributed by atoms with Crippen molar-refractivity contribution in [1.29, 1.82) is 0 Å². The molecular weight excluding hydrogens is 262 g/mol. The Bertz CT molecular complexity index is 476. The van der Waals surface area contributed by atoms with Crippen molar-refractivity contribution >= 4 is 17.2 Å². The predicted molar refractivity (Wildman–Crippen MR) is 72.9 cm³/mol. The van der Waals surface area contributed by atoms with Crippen LogP contribution in [0.5, 0.6) is 0 Å². The molecule has 2 aliphatic heterocycles. The van der Waals surface area contributed by atoms with E-state index in [-0.39, 0.29) is 12.5 Å². The number of aryl methyl sites for hydroxylation is 1. The van der Waals surface area contributed by atoms with E-state index in [2.05, 4.69) is 15.3 Å². The molecule has 0 aliphatic carbocycles. The van der Waals surface area contributed by atoms with Crippen LogP contribution in [0.3, 0.4) is 0 Å². The van der Waals surface area contributed by atoms with Gasteiger partial charge >= 0.3 is 0 Å². The Hall–Kier alpha value is -0.980. The quantitative estimate of drug-likeness (QED) is 0.879. The van der Waals surface area contributed by atoms with Gasteiger partial charge in [-0.05, 0) is 13.3 Å². The summed E-state index contributed by atoms with van der Waals surface area (Å²) in [5.41, 5.74) is 1.11. The minimum atomic E-state index is 0.0558. The Kier molecular flexibility index (Phi) is 3.56. The van der Waals surface area contributed by atoms with E-state index in [4.69, 9.17) is 5.11 Å². The van der Waals surface area contributed by atoms with Crippen LogP contribution in [0.15, 0.2) is 5.38 Å². The lowest BCUT2D eigenvalue weighted by atomic mass is 10.1. The Morgan fingerprint density at radius 3 is 3.05 bits per heavy atom. The fourth-order valence-corrected chi connectivity index (χ4v) is 3.90. The number of rotatable bonds is 4. The number of thiazole rings is 1. The smallest absolute Gasteiger partial charge is 0.224 e. The number of aliphatic hydroxyl groups is 1. The molecule has 104 valence electrons. The first-order valence-electron chi connectivity index (χ1n) is 6.74.